The molecule has 0 spiro atoms. The minimum atomic E-state index is -0.588. The van der Waals surface area contributed by atoms with Crippen LogP contribution < -0.4 is 0 Å². The van der Waals surface area contributed by atoms with E-state index in [0.29, 0.717) is 21.5 Å². The number of aryl methyl sites for hydroxylation is 1. The lowest BCUT2D eigenvalue weighted by molar-refractivity contribution is 0.0559. The van der Waals surface area contributed by atoms with E-state index in [1.807, 2.05) is 12.3 Å². The van der Waals surface area contributed by atoms with E-state index in [1.165, 1.54) is 25.6 Å². The fourth-order valence-electron chi connectivity index (χ4n) is 1.51. The Hall–Kier alpha value is -1.37. The van der Waals surface area contributed by atoms with Gasteiger partial charge < -0.3 is 13.9 Å². The van der Waals surface area contributed by atoms with E-state index >= 15 is 0 Å². The molecular weight excluding hydrogens is 290 g/mol. The first-order chi connectivity index (χ1) is 9.08. The van der Waals surface area contributed by atoms with Gasteiger partial charge in [0.15, 0.2) is 0 Å². The van der Waals surface area contributed by atoms with E-state index in [1.54, 1.807) is 0 Å². The number of ether oxygens (including phenoxy) is 2. The molecule has 0 aliphatic rings. The zero-order valence-electron chi connectivity index (χ0n) is 10.7. The summed E-state index contributed by atoms with van der Waals surface area (Å²) in [6.07, 6.45) is 0. The number of thiophene rings is 1. The Bertz CT molecular complexity index is 605. The maximum atomic E-state index is 11.6. The Balaban J connectivity index is 2.48. The van der Waals surface area contributed by atoms with Gasteiger partial charge in [-0.3, -0.25) is 0 Å². The lowest BCUT2D eigenvalue weighted by atomic mass is 10.3. The van der Waals surface area contributed by atoms with Gasteiger partial charge in [-0.2, -0.15) is 0 Å². The summed E-state index contributed by atoms with van der Waals surface area (Å²) in [6.45, 7) is 2.05. The van der Waals surface area contributed by atoms with Gasteiger partial charge in [-0.15, -0.1) is 11.3 Å². The normalized spacial score (nSPS) is 10.7. The molecule has 0 fully saturated rings. The zero-order valence-corrected chi connectivity index (χ0v) is 12.2. The predicted octanol–water partition coefficient (Wildman–Crippen LogP) is 3.30. The van der Waals surface area contributed by atoms with Gasteiger partial charge in [-0.05, 0) is 17.9 Å². The van der Waals surface area contributed by atoms with E-state index in [9.17, 15) is 4.79 Å². The second kappa shape index (κ2) is 5.73. The van der Waals surface area contributed by atoms with Crippen LogP contribution in [0.3, 0.4) is 0 Å². The van der Waals surface area contributed by atoms with Gasteiger partial charge in [-0.1, -0.05) is 11.6 Å². The Labute approximate surface area is 119 Å². The van der Waals surface area contributed by atoms with Gasteiger partial charge in [-0.25, -0.2) is 9.78 Å². The van der Waals surface area contributed by atoms with Crippen molar-refractivity contribution in [2.75, 3.05) is 14.2 Å². The molecule has 0 radical (unpaired) electrons. The van der Waals surface area contributed by atoms with Crippen LogP contribution in [0.25, 0.3) is 10.8 Å². The third kappa shape index (κ3) is 2.65. The summed E-state index contributed by atoms with van der Waals surface area (Å²) in [7, 11) is 2.79. The van der Waals surface area contributed by atoms with E-state index in [0.717, 1.165) is 5.56 Å². The first kappa shape index (κ1) is 14.0. The van der Waals surface area contributed by atoms with Crippen LogP contribution in [0.5, 0.6) is 0 Å². The van der Waals surface area contributed by atoms with Crippen molar-refractivity contribution in [3.05, 3.63) is 27.4 Å². The quantitative estimate of drug-likeness (QED) is 0.811. The number of nitrogens with zero attached hydrogens (tertiary/aromatic N) is 1. The van der Waals surface area contributed by atoms with E-state index in [-0.39, 0.29) is 12.4 Å². The highest BCUT2D eigenvalue weighted by atomic mass is 35.5. The van der Waals surface area contributed by atoms with Crippen LogP contribution in [0.15, 0.2) is 9.80 Å². The van der Waals surface area contributed by atoms with Gasteiger partial charge in [0.1, 0.15) is 10.6 Å². The number of hydrogen-bond acceptors (Lipinski definition) is 6. The number of carbonyl (C=O) groups excluding carboxylic acids is 1. The van der Waals surface area contributed by atoms with Crippen molar-refractivity contribution in [3.63, 3.8) is 0 Å². The highest BCUT2D eigenvalue weighted by molar-refractivity contribution is 7.14. The van der Waals surface area contributed by atoms with E-state index in [4.69, 9.17) is 20.8 Å². The third-order valence-electron chi connectivity index (χ3n) is 2.44. The summed E-state index contributed by atoms with van der Waals surface area (Å²) in [5.74, 6) is -0.243. The Morgan fingerprint density at radius 1 is 1.53 bits per heavy atom. The zero-order chi connectivity index (χ0) is 14.0. The molecule has 2 heterocycles. The van der Waals surface area contributed by atoms with Gasteiger partial charge in [0.2, 0.25) is 11.7 Å². The van der Waals surface area contributed by atoms with Crippen molar-refractivity contribution in [2.24, 2.45) is 0 Å². The van der Waals surface area contributed by atoms with Crippen LogP contribution in [-0.2, 0) is 16.1 Å². The largest absolute Gasteiger partial charge is 0.463 e. The molecule has 0 amide bonds. The number of aromatic nitrogens is 1. The van der Waals surface area contributed by atoms with Crippen molar-refractivity contribution in [2.45, 2.75) is 13.5 Å². The van der Waals surface area contributed by atoms with Crippen molar-refractivity contribution in [3.8, 4) is 10.8 Å². The number of hydrogen-bond donors (Lipinski definition) is 0. The van der Waals surface area contributed by atoms with E-state index in [2.05, 4.69) is 9.72 Å². The summed E-state index contributed by atoms with van der Waals surface area (Å²) in [5.41, 5.74) is 1.33. The summed E-state index contributed by atoms with van der Waals surface area (Å²) < 4.78 is 15.1. The molecule has 0 saturated heterocycles. The van der Waals surface area contributed by atoms with Gasteiger partial charge >= 0.3 is 5.97 Å². The maximum absolute atomic E-state index is 11.6. The number of esters is 1. The fourth-order valence-corrected chi connectivity index (χ4v) is 2.71. The molecule has 2 aromatic heterocycles. The minimum absolute atomic E-state index is 0.0430. The van der Waals surface area contributed by atoms with Gasteiger partial charge in [0.05, 0.1) is 18.7 Å². The lowest BCUT2D eigenvalue weighted by Gasteiger charge is -1.96. The molecule has 0 aromatic carbocycles. The summed E-state index contributed by atoms with van der Waals surface area (Å²) >= 11 is 7.57. The molecule has 0 atom stereocenters. The second-order valence-corrected chi connectivity index (χ2v) is 5.04. The van der Waals surface area contributed by atoms with Crippen molar-refractivity contribution in [1.82, 2.24) is 4.98 Å². The van der Waals surface area contributed by atoms with Crippen molar-refractivity contribution >= 4 is 28.9 Å². The average Bonchev–Trinajstić information content (AvgIpc) is 2.95. The van der Waals surface area contributed by atoms with Crippen molar-refractivity contribution in [1.29, 1.82) is 0 Å². The molecule has 5 nitrogen and oxygen atoms in total. The lowest BCUT2D eigenvalue weighted by Crippen LogP contribution is -2.04. The molecule has 0 saturated carbocycles. The van der Waals surface area contributed by atoms with E-state index < -0.39 is 5.97 Å². The topological polar surface area (TPSA) is 61.6 Å². The average molecular weight is 302 g/mol. The molecule has 0 aliphatic carbocycles. The fraction of sp³-hybridized carbons (Fsp3) is 0.333. The summed E-state index contributed by atoms with van der Waals surface area (Å²) in [5, 5.41) is 2.47. The number of rotatable bonds is 4. The predicted molar refractivity (Wildman–Crippen MR) is 71.6 cm³/mol. The molecule has 0 N–H and O–H groups in total. The number of carbonyl (C=O) groups is 1. The number of halogens is 1. The molecule has 19 heavy (non-hydrogen) atoms. The third-order valence-corrected chi connectivity index (χ3v) is 4.13. The highest BCUT2D eigenvalue weighted by Gasteiger charge is 2.23. The van der Waals surface area contributed by atoms with Crippen LogP contribution in [0.1, 0.15) is 21.8 Å². The second-order valence-electron chi connectivity index (χ2n) is 3.78. The summed E-state index contributed by atoms with van der Waals surface area (Å²) in [6, 6.07) is 0. The Morgan fingerprint density at radius 3 is 2.79 bits per heavy atom. The molecule has 0 aliphatic heterocycles. The molecule has 102 valence electrons. The standard InChI is InChI=1S/C12H12ClNO4S/c1-6-5-19-10(8(6)13)11-14-7(4-16-2)9(18-11)12(15)17-3/h5H,4H2,1-3H3. The van der Waals surface area contributed by atoms with Gasteiger partial charge in [0.25, 0.3) is 0 Å². The highest BCUT2D eigenvalue weighted by Crippen LogP contribution is 2.36. The first-order valence-electron chi connectivity index (χ1n) is 5.39. The first-order valence-corrected chi connectivity index (χ1v) is 6.65. The molecular formula is C12H12ClNO4S. The number of methoxy groups -OCH3 is 2. The molecule has 7 heteroatoms. The molecule has 0 unspecified atom stereocenters. The maximum Gasteiger partial charge on any atom is 0.376 e. The van der Waals surface area contributed by atoms with Crippen LogP contribution in [0.4, 0.5) is 0 Å². The molecule has 2 aromatic rings. The monoisotopic (exact) mass is 301 g/mol. The smallest absolute Gasteiger partial charge is 0.376 e. The van der Waals surface area contributed by atoms with Crippen LogP contribution >= 0.6 is 22.9 Å². The number of oxazole rings is 1. The van der Waals surface area contributed by atoms with Crippen LogP contribution in [-0.4, -0.2) is 25.2 Å². The van der Waals surface area contributed by atoms with Crippen molar-refractivity contribution < 1.29 is 18.7 Å². The van der Waals surface area contributed by atoms with Crippen LogP contribution in [0.2, 0.25) is 5.02 Å². The summed E-state index contributed by atoms with van der Waals surface area (Å²) in [4.78, 5) is 16.5. The van der Waals surface area contributed by atoms with Crippen LogP contribution in [0, 0.1) is 6.92 Å². The Morgan fingerprint density at radius 2 is 2.26 bits per heavy atom. The van der Waals surface area contributed by atoms with Gasteiger partial charge in [0, 0.05) is 7.11 Å². The minimum Gasteiger partial charge on any atom is -0.463 e. The molecule has 0 bridgehead atoms. The SMILES string of the molecule is COCc1nc(-c2scc(C)c2Cl)oc1C(=O)OC. The molecule has 2 rings (SSSR count). The Kier molecular flexibility index (Phi) is 4.24.